The average molecular weight is 396 g/mol. The minimum atomic E-state index is -0.484. The van der Waals surface area contributed by atoms with E-state index in [0.29, 0.717) is 37.7 Å². The highest BCUT2D eigenvalue weighted by molar-refractivity contribution is 5.95. The van der Waals surface area contributed by atoms with Crippen molar-refractivity contribution >= 4 is 23.4 Å². The third kappa shape index (κ3) is 4.13. The van der Waals surface area contributed by atoms with Gasteiger partial charge in [-0.05, 0) is 25.8 Å². The Morgan fingerprint density at radius 3 is 2.41 bits per heavy atom. The van der Waals surface area contributed by atoms with Gasteiger partial charge in [-0.25, -0.2) is 4.98 Å². The molecular weight excluding hydrogens is 372 g/mol. The highest BCUT2D eigenvalue weighted by Crippen LogP contribution is 2.22. The first-order chi connectivity index (χ1) is 14.0. The lowest BCUT2D eigenvalue weighted by atomic mass is 10.1. The Balaban J connectivity index is 1.43. The van der Waals surface area contributed by atoms with Crippen LogP contribution >= 0.6 is 0 Å². The molecule has 0 aliphatic carbocycles. The number of anilines is 2. The third-order valence-electron chi connectivity index (χ3n) is 5.41. The first kappa shape index (κ1) is 19.1. The van der Waals surface area contributed by atoms with E-state index in [-0.39, 0.29) is 11.6 Å². The van der Waals surface area contributed by atoms with Crippen LogP contribution in [0.3, 0.4) is 0 Å². The Morgan fingerprint density at radius 2 is 1.72 bits per heavy atom. The Kier molecular flexibility index (Phi) is 5.28. The van der Waals surface area contributed by atoms with Crippen molar-refractivity contribution in [1.82, 2.24) is 14.9 Å². The van der Waals surface area contributed by atoms with Gasteiger partial charge in [0.1, 0.15) is 5.82 Å². The molecule has 0 bridgehead atoms. The van der Waals surface area contributed by atoms with Gasteiger partial charge in [-0.2, -0.15) is 4.98 Å². The molecule has 4 rings (SSSR count). The molecule has 2 aliphatic rings. The van der Waals surface area contributed by atoms with Crippen LogP contribution in [0, 0.1) is 17.0 Å². The molecule has 2 aliphatic heterocycles. The van der Waals surface area contributed by atoms with Gasteiger partial charge < -0.3 is 14.7 Å². The van der Waals surface area contributed by atoms with Crippen LogP contribution in [0.15, 0.2) is 30.3 Å². The Bertz CT molecular complexity index is 920. The van der Waals surface area contributed by atoms with Crippen LogP contribution in [-0.4, -0.2) is 65.0 Å². The van der Waals surface area contributed by atoms with E-state index in [1.54, 1.807) is 17.0 Å². The lowest BCUT2D eigenvalue weighted by Gasteiger charge is -2.35. The fourth-order valence-electron chi connectivity index (χ4n) is 3.83. The molecule has 0 unspecified atom stereocenters. The van der Waals surface area contributed by atoms with Crippen LogP contribution in [0.2, 0.25) is 0 Å². The van der Waals surface area contributed by atoms with Crippen molar-refractivity contribution in [2.24, 2.45) is 0 Å². The molecule has 0 saturated carbocycles. The maximum absolute atomic E-state index is 12.7. The summed E-state index contributed by atoms with van der Waals surface area (Å²) in [6.45, 7) is 6.35. The van der Waals surface area contributed by atoms with Gasteiger partial charge in [0.05, 0.1) is 4.92 Å². The van der Waals surface area contributed by atoms with Gasteiger partial charge in [0.2, 0.25) is 5.95 Å². The molecule has 2 aromatic rings. The van der Waals surface area contributed by atoms with Crippen LogP contribution in [0.25, 0.3) is 0 Å². The zero-order valence-electron chi connectivity index (χ0n) is 16.5. The average Bonchev–Trinajstić information content (AvgIpc) is 3.28. The summed E-state index contributed by atoms with van der Waals surface area (Å²) in [7, 11) is 0. The van der Waals surface area contributed by atoms with Crippen molar-refractivity contribution in [1.29, 1.82) is 0 Å². The summed E-state index contributed by atoms with van der Waals surface area (Å²) in [4.78, 5) is 38.7. The van der Waals surface area contributed by atoms with Crippen molar-refractivity contribution in [2.45, 2.75) is 19.8 Å². The number of nitrogens with zero attached hydrogens (tertiary/aromatic N) is 6. The molecule has 29 heavy (non-hydrogen) atoms. The van der Waals surface area contributed by atoms with Crippen molar-refractivity contribution in [3.05, 3.63) is 51.7 Å². The summed E-state index contributed by atoms with van der Waals surface area (Å²) in [5.74, 6) is 1.49. The molecule has 0 N–H and O–H groups in total. The summed E-state index contributed by atoms with van der Waals surface area (Å²) in [5.41, 5.74) is 1.21. The highest BCUT2D eigenvalue weighted by Gasteiger charge is 2.25. The third-order valence-corrected chi connectivity index (χ3v) is 5.41. The number of hydrogen-bond donors (Lipinski definition) is 0. The molecule has 0 radical (unpaired) electrons. The van der Waals surface area contributed by atoms with Crippen molar-refractivity contribution in [3.8, 4) is 0 Å². The second kappa shape index (κ2) is 8.02. The number of benzene rings is 1. The maximum Gasteiger partial charge on any atom is 0.270 e. The summed E-state index contributed by atoms with van der Waals surface area (Å²) < 4.78 is 0. The maximum atomic E-state index is 12.7. The second-order valence-electron chi connectivity index (χ2n) is 7.45. The zero-order valence-corrected chi connectivity index (χ0v) is 16.5. The molecular formula is C20H24N6O3. The molecule has 1 aromatic heterocycles. The molecule has 152 valence electrons. The molecule has 2 saturated heterocycles. The summed E-state index contributed by atoms with van der Waals surface area (Å²) in [6.07, 6.45) is 2.38. The second-order valence-corrected chi connectivity index (χ2v) is 7.45. The Labute approximate surface area is 169 Å². The minimum absolute atomic E-state index is 0.0721. The fourth-order valence-corrected chi connectivity index (χ4v) is 3.83. The number of hydrogen-bond acceptors (Lipinski definition) is 7. The predicted molar refractivity (Wildman–Crippen MR) is 109 cm³/mol. The standard InChI is InChI=1S/C20H24N6O3/c1-15-13-18(23-7-2-3-8-23)22-20(21-15)25-11-9-24(10-12-25)19(27)16-5-4-6-17(14-16)26(28)29/h4-6,13-14H,2-3,7-12H2,1H3. The lowest BCUT2D eigenvalue weighted by Crippen LogP contribution is -2.49. The van der Waals surface area contributed by atoms with E-state index in [4.69, 9.17) is 4.98 Å². The number of non-ortho nitro benzene ring substituents is 1. The van der Waals surface area contributed by atoms with Crippen LogP contribution in [0.5, 0.6) is 0 Å². The molecule has 1 amide bonds. The number of nitro groups is 1. The largest absolute Gasteiger partial charge is 0.356 e. The monoisotopic (exact) mass is 396 g/mol. The number of aryl methyl sites for hydroxylation is 1. The lowest BCUT2D eigenvalue weighted by molar-refractivity contribution is -0.384. The predicted octanol–water partition coefficient (Wildman–Crippen LogP) is 2.26. The van der Waals surface area contributed by atoms with Crippen LogP contribution in [-0.2, 0) is 0 Å². The summed E-state index contributed by atoms with van der Waals surface area (Å²) in [6, 6.07) is 7.91. The number of aromatic nitrogens is 2. The van der Waals surface area contributed by atoms with Crippen LogP contribution in [0.1, 0.15) is 28.9 Å². The highest BCUT2D eigenvalue weighted by atomic mass is 16.6. The van der Waals surface area contributed by atoms with Gasteiger partial charge in [-0.15, -0.1) is 0 Å². The Hall–Kier alpha value is -3.23. The van der Waals surface area contributed by atoms with Gasteiger partial charge in [0.25, 0.3) is 11.6 Å². The number of piperazine rings is 1. The van der Waals surface area contributed by atoms with Gasteiger partial charge >= 0.3 is 0 Å². The SMILES string of the molecule is Cc1cc(N2CCCC2)nc(N2CCN(C(=O)c3cccc([N+](=O)[O-])c3)CC2)n1. The molecule has 1 aromatic carbocycles. The summed E-state index contributed by atoms with van der Waals surface area (Å²) >= 11 is 0. The molecule has 0 spiro atoms. The van der Waals surface area contributed by atoms with Crippen molar-refractivity contribution < 1.29 is 9.72 Å². The number of carbonyl (C=O) groups excluding carboxylic acids is 1. The number of nitro benzene ring substituents is 1. The van der Waals surface area contributed by atoms with Crippen molar-refractivity contribution in [2.75, 3.05) is 49.1 Å². The Morgan fingerprint density at radius 1 is 1.00 bits per heavy atom. The molecule has 0 atom stereocenters. The normalized spacial score (nSPS) is 16.9. The van der Waals surface area contributed by atoms with Crippen LogP contribution in [0.4, 0.5) is 17.5 Å². The van der Waals surface area contributed by atoms with E-state index in [1.165, 1.54) is 25.0 Å². The zero-order chi connectivity index (χ0) is 20.4. The molecule has 3 heterocycles. The van der Waals surface area contributed by atoms with E-state index in [9.17, 15) is 14.9 Å². The van der Waals surface area contributed by atoms with E-state index in [0.717, 1.165) is 24.6 Å². The van der Waals surface area contributed by atoms with E-state index >= 15 is 0 Å². The first-order valence-corrected chi connectivity index (χ1v) is 9.90. The topological polar surface area (TPSA) is 95.7 Å². The van der Waals surface area contributed by atoms with E-state index < -0.39 is 4.92 Å². The summed E-state index contributed by atoms with van der Waals surface area (Å²) in [5, 5.41) is 11.0. The number of carbonyl (C=O) groups is 1. The van der Waals surface area contributed by atoms with Gasteiger partial charge in [-0.1, -0.05) is 6.07 Å². The first-order valence-electron chi connectivity index (χ1n) is 9.90. The van der Waals surface area contributed by atoms with Crippen molar-refractivity contribution in [3.63, 3.8) is 0 Å². The van der Waals surface area contributed by atoms with E-state index in [1.807, 2.05) is 13.0 Å². The van der Waals surface area contributed by atoms with Gasteiger partial charge in [0.15, 0.2) is 0 Å². The van der Waals surface area contributed by atoms with Gasteiger partial charge in [-0.3, -0.25) is 14.9 Å². The molecule has 2 fully saturated rings. The van der Waals surface area contributed by atoms with Crippen LogP contribution < -0.4 is 9.80 Å². The fraction of sp³-hybridized carbons (Fsp3) is 0.450. The molecule has 9 heteroatoms. The molecule has 9 nitrogen and oxygen atoms in total. The quantitative estimate of drug-likeness (QED) is 0.578. The van der Waals surface area contributed by atoms with Gasteiger partial charge in [0, 0.05) is 68.7 Å². The van der Waals surface area contributed by atoms with E-state index in [2.05, 4.69) is 14.8 Å². The number of amides is 1. The smallest absolute Gasteiger partial charge is 0.270 e. The minimum Gasteiger partial charge on any atom is -0.356 e. The number of rotatable bonds is 4.